The SMILES string of the molecule is O=C1c2cccnc2C(=O)N1c1ncc[nH]1. The van der Waals surface area contributed by atoms with Crippen LogP contribution in [0.25, 0.3) is 0 Å². The molecule has 0 spiro atoms. The van der Waals surface area contributed by atoms with Gasteiger partial charge >= 0.3 is 0 Å². The van der Waals surface area contributed by atoms with Crippen molar-refractivity contribution in [1.82, 2.24) is 15.0 Å². The largest absolute Gasteiger partial charge is 0.330 e. The predicted octanol–water partition coefficient (Wildman–Crippen LogP) is 0.605. The normalized spacial score (nSPS) is 14.4. The van der Waals surface area contributed by atoms with Crippen LogP contribution in [0.3, 0.4) is 0 Å². The third kappa shape index (κ3) is 1.01. The summed E-state index contributed by atoms with van der Waals surface area (Å²) in [5.41, 5.74) is 0.479. The maximum absolute atomic E-state index is 11.9. The molecule has 1 N–H and O–H groups in total. The highest BCUT2D eigenvalue weighted by Gasteiger charge is 2.38. The van der Waals surface area contributed by atoms with Crippen LogP contribution in [0.2, 0.25) is 0 Å². The van der Waals surface area contributed by atoms with E-state index >= 15 is 0 Å². The van der Waals surface area contributed by atoms with E-state index in [9.17, 15) is 9.59 Å². The Morgan fingerprint density at radius 2 is 2.00 bits per heavy atom. The highest BCUT2D eigenvalue weighted by molar-refractivity contribution is 6.33. The first-order valence-electron chi connectivity index (χ1n) is 4.62. The van der Waals surface area contributed by atoms with Gasteiger partial charge in [-0.05, 0) is 12.1 Å². The molecular formula is C10H6N4O2. The Bertz CT molecular complexity index is 541. The van der Waals surface area contributed by atoms with E-state index in [1.807, 2.05) is 0 Å². The van der Waals surface area contributed by atoms with Crippen LogP contribution < -0.4 is 4.90 Å². The van der Waals surface area contributed by atoms with Gasteiger partial charge in [0.05, 0.1) is 5.56 Å². The van der Waals surface area contributed by atoms with E-state index in [1.54, 1.807) is 18.3 Å². The van der Waals surface area contributed by atoms with Crippen molar-refractivity contribution in [3.63, 3.8) is 0 Å². The van der Waals surface area contributed by atoms with Gasteiger partial charge in [-0.1, -0.05) is 0 Å². The van der Waals surface area contributed by atoms with E-state index in [4.69, 9.17) is 0 Å². The Hall–Kier alpha value is -2.50. The topological polar surface area (TPSA) is 79.0 Å². The molecule has 78 valence electrons. The van der Waals surface area contributed by atoms with Crippen LogP contribution in [0.5, 0.6) is 0 Å². The first-order chi connectivity index (χ1) is 7.79. The lowest BCUT2D eigenvalue weighted by atomic mass is 10.2. The molecule has 0 saturated carbocycles. The average Bonchev–Trinajstić information content (AvgIpc) is 2.89. The van der Waals surface area contributed by atoms with Crippen molar-refractivity contribution in [3.05, 3.63) is 42.0 Å². The first kappa shape index (κ1) is 8.78. The fourth-order valence-electron chi connectivity index (χ4n) is 1.64. The van der Waals surface area contributed by atoms with Crippen LogP contribution in [0.1, 0.15) is 20.8 Å². The number of fused-ring (bicyclic) bond motifs is 1. The van der Waals surface area contributed by atoms with E-state index in [1.165, 1.54) is 12.4 Å². The predicted molar refractivity (Wildman–Crippen MR) is 54.0 cm³/mol. The lowest BCUT2D eigenvalue weighted by molar-refractivity contribution is 0.0922. The van der Waals surface area contributed by atoms with Gasteiger partial charge in [-0.25, -0.2) is 9.88 Å². The number of anilines is 1. The number of aromatic amines is 1. The number of carbonyl (C=O) groups is 2. The lowest BCUT2D eigenvalue weighted by Crippen LogP contribution is -2.30. The Labute approximate surface area is 89.9 Å². The summed E-state index contributed by atoms with van der Waals surface area (Å²) >= 11 is 0. The van der Waals surface area contributed by atoms with Crippen molar-refractivity contribution < 1.29 is 9.59 Å². The second-order valence-electron chi connectivity index (χ2n) is 3.26. The molecule has 1 aliphatic heterocycles. The minimum Gasteiger partial charge on any atom is -0.330 e. The standard InChI is InChI=1S/C10H6N4O2/c15-8-6-2-1-3-11-7(6)9(16)14(8)10-12-4-5-13-10/h1-5H,(H,12,13). The number of nitrogens with one attached hydrogen (secondary N) is 1. The zero-order chi connectivity index (χ0) is 11.1. The molecule has 2 aromatic rings. The quantitative estimate of drug-likeness (QED) is 0.705. The number of imide groups is 1. The molecule has 6 nitrogen and oxygen atoms in total. The van der Waals surface area contributed by atoms with E-state index in [-0.39, 0.29) is 11.6 Å². The molecule has 0 aliphatic carbocycles. The van der Waals surface area contributed by atoms with Crippen LogP contribution >= 0.6 is 0 Å². The smallest absolute Gasteiger partial charge is 0.287 e. The number of carbonyl (C=O) groups excluding carboxylic acids is 2. The summed E-state index contributed by atoms with van der Waals surface area (Å²) in [6.45, 7) is 0. The maximum atomic E-state index is 11.9. The molecule has 1 aliphatic rings. The monoisotopic (exact) mass is 214 g/mol. The fourth-order valence-corrected chi connectivity index (χ4v) is 1.64. The summed E-state index contributed by atoms with van der Waals surface area (Å²) < 4.78 is 0. The molecule has 0 atom stereocenters. The molecule has 0 bridgehead atoms. The summed E-state index contributed by atoms with van der Waals surface area (Å²) in [5, 5.41) is 0. The van der Waals surface area contributed by atoms with Crippen molar-refractivity contribution in [1.29, 1.82) is 0 Å². The van der Waals surface area contributed by atoms with Gasteiger partial charge in [0.2, 0.25) is 5.95 Å². The van der Waals surface area contributed by atoms with Gasteiger partial charge in [0.1, 0.15) is 5.69 Å². The summed E-state index contributed by atoms with van der Waals surface area (Å²) in [6.07, 6.45) is 4.51. The van der Waals surface area contributed by atoms with Crippen LogP contribution in [-0.4, -0.2) is 26.8 Å². The molecular weight excluding hydrogens is 208 g/mol. The van der Waals surface area contributed by atoms with Gasteiger partial charge in [0.25, 0.3) is 11.8 Å². The van der Waals surface area contributed by atoms with E-state index < -0.39 is 11.8 Å². The Morgan fingerprint density at radius 3 is 2.69 bits per heavy atom. The zero-order valence-electron chi connectivity index (χ0n) is 8.04. The van der Waals surface area contributed by atoms with Crippen molar-refractivity contribution in [2.24, 2.45) is 0 Å². The molecule has 16 heavy (non-hydrogen) atoms. The molecule has 0 radical (unpaired) electrons. The molecule has 2 aromatic heterocycles. The lowest BCUT2D eigenvalue weighted by Gasteiger charge is -2.08. The zero-order valence-corrected chi connectivity index (χ0v) is 8.04. The summed E-state index contributed by atoms with van der Waals surface area (Å²) in [5.74, 6) is -0.633. The second-order valence-corrected chi connectivity index (χ2v) is 3.26. The number of pyridine rings is 1. The number of H-pyrrole nitrogens is 1. The van der Waals surface area contributed by atoms with Crippen molar-refractivity contribution in [2.75, 3.05) is 4.90 Å². The second kappa shape index (κ2) is 2.99. The molecule has 2 amide bonds. The Balaban J connectivity index is 2.15. The van der Waals surface area contributed by atoms with Gasteiger partial charge in [-0.2, -0.15) is 0 Å². The number of amides is 2. The number of aromatic nitrogens is 3. The molecule has 0 aromatic carbocycles. The molecule has 0 fully saturated rings. The molecule has 3 rings (SSSR count). The molecule has 3 heterocycles. The first-order valence-corrected chi connectivity index (χ1v) is 4.62. The van der Waals surface area contributed by atoms with E-state index in [2.05, 4.69) is 15.0 Å². The highest BCUT2D eigenvalue weighted by atomic mass is 16.2. The van der Waals surface area contributed by atoms with Crippen LogP contribution in [0.4, 0.5) is 5.95 Å². The fraction of sp³-hybridized carbons (Fsp3) is 0. The number of nitrogens with zero attached hydrogens (tertiary/aromatic N) is 3. The van der Waals surface area contributed by atoms with Crippen molar-refractivity contribution >= 4 is 17.8 Å². The summed E-state index contributed by atoms with van der Waals surface area (Å²) in [4.78, 5) is 35.3. The van der Waals surface area contributed by atoms with Gasteiger partial charge in [0.15, 0.2) is 0 Å². The highest BCUT2D eigenvalue weighted by Crippen LogP contribution is 2.23. The van der Waals surface area contributed by atoms with Gasteiger partial charge < -0.3 is 4.98 Å². The number of hydrogen-bond acceptors (Lipinski definition) is 4. The number of hydrogen-bond donors (Lipinski definition) is 1. The summed E-state index contributed by atoms with van der Waals surface area (Å²) in [7, 11) is 0. The average molecular weight is 214 g/mol. The van der Waals surface area contributed by atoms with Crippen LogP contribution in [0.15, 0.2) is 30.7 Å². The van der Waals surface area contributed by atoms with E-state index in [0.29, 0.717) is 5.56 Å². The van der Waals surface area contributed by atoms with E-state index in [0.717, 1.165) is 4.90 Å². The third-order valence-electron chi connectivity index (χ3n) is 2.34. The Kier molecular flexibility index (Phi) is 1.64. The number of rotatable bonds is 1. The molecule has 0 unspecified atom stereocenters. The maximum Gasteiger partial charge on any atom is 0.287 e. The number of imidazole rings is 1. The van der Waals surface area contributed by atoms with Crippen LogP contribution in [0, 0.1) is 0 Å². The minimum atomic E-state index is -0.449. The Morgan fingerprint density at radius 1 is 1.12 bits per heavy atom. The minimum absolute atomic E-state index is 0.170. The molecule has 0 saturated heterocycles. The van der Waals surface area contributed by atoms with Crippen LogP contribution in [-0.2, 0) is 0 Å². The van der Waals surface area contributed by atoms with Gasteiger partial charge in [0, 0.05) is 18.6 Å². The third-order valence-corrected chi connectivity index (χ3v) is 2.34. The molecule has 6 heteroatoms. The van der Waals surface area contributed by atoms with Gasteiger partial charge in [-0.15, -0.1) is 0 Å². The summed E-state index contributed by atoms with van der Waals surface area (Å²) in [6, 6.07) is 3.20. The van der Waals surface area contributed by atoms with Gasteiger partial charge in [-0.3, -0.25) is 14.6 Å². The van der Waals surface area contributed by atoms with Crippen molar-refractivity contribution in [2.45, 2.75) is 0 Å². The van der Waals surface area contributed by atoms with Crippen molar-refractivity contribution in [3.8, 4) is 0 Å².